The standard InChI is InChI=1S/C19H18FN3O2S/c1-2-23-18(25)16(26-19(23)21-13-8-4-3-5-9-13)12-17(24)22-15-11-7-6-10-14(15)20/h3-11,16H,2,12H2,1H3,(H,22,24). The number of nitrogens with zero attached hydrogens (tertiary/aromatic N) is 2. The van der Waals surface area contributed by atoms with Crippen molar-refractivity contribution >= 4 is 40.1 Å². The number of rotatable bonds is 5. The zero-order chi connectivity index (χ0) is 18.5. The van der Waals surface area contributed by atoms with Crippen LogP contribution in [0.5, 0.6) is 0 Å². The lowest BCUT2D eigenvalue weighted by Gasteiger charge is -2.13. The summed E-state index contributed by atoms with van der Waals surface area (Å²) in [7, 11) is 0. The topological polar surface area (TPSA) is 61.8 Å². The van der Waals surface area contributed by atoms with E-state index in [4.69, 9.17) is 0 Å². The van der Waals surface area contributed by atoms with Gasteiger partial charge in [-0.05, 0) is 31.2 Å². The molecule has 0 radical (unpaired) electrons. The van der Waals surface area contributed by atoms with Gasteiger partial charge in [0.25, 0.3) is 0 Å². The Morgan fingerprint density at radius 2 is 1.88 bits per heavy atom. The van der Waals surface area contributed by atoms with Crippen molar-refractivity contribution in [3.8, 4) is 0 Å². The molecule has 3 rings (SSSR count). The quantitative estimate of drug-likeness (QED) is 0.869. The number of carbonyl (C=O) groups excluding carboxylic acids is 2. The molecule has 1 saturated heterocycles. The SMILES string of the molecule is CCN1C(=O)C(CC(=O)Nc2ccccc2F)SC1=Nc1ccccc1. The Morgan fingerprint density at radius 1 is 1.19 bits per heavy atom. The summed E-state index contributed by atoms with van der Waals surface area (Å²) in [6, 6.07) is 15.3. The van der Waals surface area contributed by atoms with Gasteiger partial charge in [0.05, 0.1) is 11.4 Å². The van der Waals surface area contributed by atoms with Gasteiger partial charge in [-0.1, -0.05) is 42.1 Å². The molecule has 0 spiro atoms. The first-order valence-corrected chi connectivity index (χ1v) is 9.12. The van der Waals surface area contributed by atoms with Crippen LogP contribution in [0.2, 0.25) is 0 Å². The largest absolute Gasteiger partial charge is 0.324 e. The van der Waals surface area contributed by atoms with Gasteiger partial charge in [0.1, 0.15) is 11.1 Å². The molecule has 1 fully saturated rings. The number of benzene rings is 2. The van der Waals surface area contributed by atoms with Gasteiger partial charge in [0, 0.05) is 13.0 Å². The van der Waals surface area contributed by atoms with Crippen LogP contribution in [-0.2, 0) is 9.59 Å². The van der Waals surface area contributed by atoms with Crippen molar-refractivity contribution in [1.82, 2.24) is 4.90 Å². The molecular weight excluding hydrogens is 353 g/mol. The van der Waals surface area contributed by atoms with Gasteiger partial charge in [0.15, 0.2) is 5.17 Å². The normalized spacial score (nSPS) is 18.4. The van der Waals surface area contributed by atoms with E-state index in [2.05, 4.69) is 10.3 Å². The number of halogens is 1. The summed E-state index contributed by atoms with van der Waals surface area (Å²) in [5.41, 5.74) is 0.858. The van der Waals surface area contributed by atoms with Crippen molar-refractivity contribution in [1.29, 1.82) is 0 Å². The zero-order valence-corrected chi connectivity index (χ0v) is 15.0. The Hall–Kier alpha value is -2.67. The second-order valence-electron chi connectivity index (χ2n) is 5.65. The molecule has 7 heteroatoms. The van der Waals surface area contributed by atoms with E-state index < -0.39 is 17.0 Å². The molecule has 0 saturated carbocycles. The second-order valence-corrected chi connectivity index (χ2v) is 6.82. The molecule has 1 aliphatic heterocycles. The molecule has 134 valence electrons. The Labute approximate surface area is 155 Å². The van der Waals surface area contributed by atoms with Gasteiger partial charge in [-0.25, -0.2) is 9.38 Å². The molecule has 0 bridgehead atoms. The molecule has 26 heavy (non-hydrogen) atoms. The minimum atomic E-state index is -0.566. The number of amidine groups is 1. The van der Waals surface area contributed by atoms with E-state index in [1.54, 1.807) is 17.0 Å². The van der Waals surface area contributed by atoms with E-state index in [-0.39, 0.29) is 18.0 Å². The fourth-order valence-electron chi connectivity index (χ4n) is 2.56. The van der Waals surface area contributed by atoms with Crippen LogP contribution in [0.15, 0.2) is 59.6 Å². The minimum absolute atomic E-state index is 0.0395. The number of amides is 2. The van der Waals surface area contributed by atoms with Crippen LogP contribution < -0.4 is 5.32 Å². The van der Waals surface area contributed by atoms with Crippen molar-refractivity contribution in [2.45, 2.75) is 18.6 Å². The van der Waals surface area contributed by atoms with Gasteiger partial charge in [-0.2, -0.15) is 0 Å². The van der Waals surface area contributed by atoms with Crippen LogP contribution in [-0.4, -0.2) is 33.7 Å². The highest BCUT2D eigenvalue weighted by Crippen LogP contribution is 2.31. The molecule has 1 aliphatic rings. The lowest BCUT2D eigenvalue weighted by atomic mass is 10.2. The molecule has 0 aromatic heterocycles. The van der Waals surface area contributed by atoms with Crippen molar-refractivity contribution in [2.75, 3.05) is 11.9 Å². The Balaban J connectivity index is 1.71. The number of carbonyl (C=O) groups is 2. The molecule has 1 atom stereocenters. The fourth-order valence-corrected chi connectivity index (χ4v) is 3.78. The summed E-state index contributed by atoms with van der Waals surface area (Å²) < 4.78 is 13.6. The van der Waals surface area contributed by atoms with E-state index in [1.807, 2.05) is 37.3 Å². The van der Waals surface area contributed by atoms with Crippen molar-refractivity contribution < 1.29 is 14.0 Å². The molecule has 1 heterocycles. The summed E-state index contributed by atoms with van der Waals surface area (Å²) in [6.07, 6.45) is -0.0395. The van der Waals surface area contributed by atoms with Gasteiger partial charge < -0.3 is 5.32 Å². The maximum atomic E-state index is 13.6. The molecular formula is C19H18FN3O2S. The maximum Gasteiger partial charge on any atom is 0.242 e. The number of anilines is 1. The first-order chi connectivity index (χ1) is 12.6. The zero-order valence-electron chi connectivity index (χ0n) is 14.2. The third-order valence-electron chi connectivity index (χ3n) is 3.84. The highest BCUT2D eigenvalue weighted by Gasteiger charge is 2.38. The van der Waals surface area contributed by atoms with Crippen LogP contribution in [0.1, 0.15) is 13.3 Å². The number of thioether (sulfide) groups is 1. The first kappa shape index (κ1) is 18.1. The highest BCUT2D eigenvalue weighted by molar-refractivity contribution is 8.15. The monoisotopic (exact) mass is 371 g/mol. The van der Waals surface area contributed by atoms with E-state index in [0.717, 1.165) is 5.69 Å². The van der Waals surface area contributed by atoms with Crippen LogP contribution in [0.25, 0.3) is 0 Å². The maximum absolute atomic E-state index is 13.6. The summed E-state index contributed by atoms with van der Waals surface area (Å²) in [4.78, 5) is 30.9. The van der Waals surface area contributed by atoms with Crippen LogP contribution >= 0.6 is 11.8 Å². The lowest BCUT2D eigenvalue weighted by molar-refractivity contribution is -0.128. The van der Waals surface area contributed by atoms with Gasteiger partial charge in [-0.3, -0.25) is 14.5 Å². The van der Waals surface area contributed by atoms with Crippen LogP contribution in [0, 0.1) is 5.82 Å². The highest BCUT2D eigenvalue weighted by atomic mass is 32.2. The van der Waals surface area contributed by atoms with Crippen molar-refractivity contribution in [2.24, 2.45) is 4.99 Å². The summed E-state index contributed by atoms with van der Waals surface area (Å²) in [6.45, 7) is 2.34. The Bertz CT molecular complexity index is 842. The summed E-state index contributed by atoms with van der Waals surface area (Å²) >= 11 is 1.26. The molecule has 0 aliphatic carbocycles. The third-order valence-corrected chi connectivity index (χ3v) is 5.01. The number of aliphatic imine (C=N–C) groups is 1. The predicted octanol–water partition coefficient (Wildman–Crippen LogP) is 3.81. The van der Waals surface area contributed by atoms with Crippen LogP contribution in [0.4, 0.5) is 15.8 Å². The Kier molecular flexibility index (Phi) is 5.68. The Morgan fingerprint density at radius 3 is 2.58 bits per heavy atom. The average molecular weight is 371 g/mol. The third kappa shape index (κ3) is 4.11. The van der Waals surface area contributed by atoms with Gasteiger partial charge in [-0.15, -0.1) is 0 Å². The average Bonchev–Trinajstić information content (AvgIpc) is 2.92. The summed E-state index contributed by atoms with van der Waals surface area (Å²) in [5, 5.41) is 2.53. The molecule has 2 aromatic carbocycles. The van der Waals surface area contributed by atoms with E-state index in [0.29, 0.717) is 11.7 Å². The molecule has 2 aromatic rings. The molecule has 1 N–H and O–H groups in total. The van der Waals surface area contributed by atoms with E-state index in [9.17, 15) is 14.0 Å². The number of hydrogen-bond acceptors (Lipinski definition) is 4. The fraction of sp³-hybridized carbons (Fsp3) is 0.211. The lowest BCUT2D eigenvalue weighted by Crippen LogP contribution is -2.33. The molecule has 5 nitrogen and oxygen atoms in total. The van der Waals surface area contributed by atoms with Crippen molar-refractivity contribution in [3.05, 3.63) is 60.4 Å². The predicted molar refractivity (Wildman–Crippen MR) is 102 cm³/mol. The number of nitrogens with one attached hydrogen (secondary N) is 1. The first-order valence-electron chi connectivity index (χ1n) is 8.24. The van der Waals surface area contributed by atoms with Crippen molar-refractivity contribution in [3.63, 3.8) is 0 Å². The second kappa shape index (κ2) is 8.14. The smallest absolute Gasteiger partial charge is 0.242 e. The van der Waals surface area contributed by atoms with E-state index >= 15 is 0 Å². The minimum Gasteiger partial charge on any atom is -0.324 e. The summed E-state index contributed by atoms with van der Waals surface area (Å²) in [5.74, 6) is -1.07. The molecule has 2 amide bonds. The van der Waals surface area contributed by atoms with Gasteiger partial charge in [0.2, 0.25) is 11.8 Å². The van der Waals surface area contributed by atoms with Gasteiger partial charge >= 0.3 is 0 Å². The number of hydrogen-bond donors (Lipinski definition) is 1. The molecule has 1 unspecified atom stereocenters. The van der Waals surface area contributed by atoms with Crippen LogP contribution in [0.3, 0.4) is 0 Å². The number of para-hydroxylation sites is 2. The van der Waals surface area contributed by atoms with E-state index in [1.165, 1.54) is 23.9 Å².